The van der Waals surface area contributed by atoms with Crippen LogP contribution in [-0.4, -0.2) is 36.9 Å². The van der Waals surface area contributed by atoms with Crippen LogP contribution in [0.5, 0.6) is 0 Å². The molecule has 148 valence electrons. The Kier molecular flexibility index (Phi) is 6.18. The molecule has 0 saturated carbocycles. The van der Waals surface area contributed by atoms with Crippen molar-refractivity contribution in [3.8, 4) is 0 Å². The minimum absolute atomic E-state index is 0.157. The molecule has 1 atom stereocenters. The number of amides is 1. The molecule has 1 unspecified atom stereocenters. The maximum atomic E-state index is 12.6. The maximum Gasteiger partial charge on any atom is 0.435 e. The molecule has 2 rings (SSSR count). The van der Waals surface area contributed by atoms with E-state index >= 15 is 0 Å². The predicted octanol–water partition coefficient (Wildman–Crippen LogP) is 2.16. The highest BCUT2D eigenvalue weighted by Gasteiger charge is 2.34. The molecule has 0 fully saturated rings. The van der Waals surface area contributed by atoms with Gasteiger partial charge in [0.1, 0.15) is 12.4 Å². The van der Waals surface area contributed by atoms with Gasteiger partial charge in [-0.2, -0.15) is 23.4 Å². The van der Waals surface area contributed by atoms with Crippen molar-refractivity contribution < 1.29 is 22.9 Å². The fourth-order valence-electron chi connectivity index (χ4n) is 2.40. The smallest absolute Gasteiger partial charge is 0.356 e. The normalized spacial score (nSPS) is 12.8. The molecule has 0 aromatic carbocycles. The minimum Gasteiger partial charge on any atom is -0.356 e. The Balaban J connectivity index is 1.77. The first-order valence-corrected chi connectivity index (χ1v) is 8.14. The number of hydrogen-bond acceptors (Lipinski definition) is 5. The monoisotopic (exact) mass is 388 g/mol. The zero-order valence-corrected chi connectivity index (χ0v) is 14.7. The van der Waals surface area contributed by atoms with Crippen molar-refractivity contribution in [1.82, 2.24) is 24.9 Å². The van der Waals surface area contributed by atoms with Gasteiger partial charge in [0.15, 0.2) is 5.69 Å². The highest BCUT2D eigenvalue weighted by molar-refractivity contribution is 5.78. The number of rotatable bonds is 8. The summed E-state index contributed by atoms with van der Waals surface area (Å²) in [5, 5.41) is 20.6. The predicted molar refractivity (Wildman–Crippen MR) is 87.6 cm³/mol. The molecule has 0 aliphatic rings. The number of nitro groups is 1. The van der Waals surface area contributed by atoms with Gasteiger partial charge >= 0.3 is 11.9 Å². The molecule has 2 aromatic heterocycles. The average Bonchev–Trinajstić information content (AvgIpc) is 3.18. The van der Waals surface area contributed by atoms with Crippen LogP contribution in [0.4, 0.5) is 18.9 Å². The Labute approximate surface area is 152 Å². The van der Waals surface area contributed by atoms with E-state index in [1.165, 1.54) is 22.5 Å². The molecule has 1 N–H and O–H groups in total. The zero-order chi connectivity index (χ0) is 20.2. The number of hydrogen-bond donors (Lipinski definition) is 1. The molecule has 0 saturated heterocycles. The van der Waals surface area contributed by atoms with Gasteiger partial charge in [-0.1, -0.05) is 6.92 Å². The van der Waals surface area contributed by atoms with Crippen molar-refractivity contribution >= 4 is 11.6 Å². The van der Waals surface area contributed by atoms with E-state index in [1.807, 2.05) is 0 Å². The fourth-order valence-corrected chi connectivity index (χ4v) is 2.40. The molecule has 0 aliphatic heterocycles. The SMILES string of the molecule is Cc1cc(C(F)(F)F)nn1CCCNC(=O)C(C)Cn1cc([N+](=O)[O-])cn1. The van der Waals surface area contributed by atoms with Crippen molar-refractivity contribution in [2.75, 3.05) is 6.54 Å². The van der Waals surface area contributed by atoms with E-state index in [2.05, 4.69) is 15.5 Å². The third kappa shape index (κ3) is 5.53. The minimum atomic E-state index is -4.48. The van der Waals surface area contributed by atoms with E-state index in [-0.39, 0.29) is 31.2 Å². The van der Waals surface area contributed by atoms with Gasteiger partial charge < -0.3 is 5.32 Å². The van der Waals surface area contributed by atoms with Crippen LogP contribution in [0.1, 0.15) is 24.7 Å². The van der Waals surface area contributed by atoms with Crippen molar-refractivity contribution in [3.63, 3.8) is 0 Å². The number of aromatic nitrogens is 4. The summed E-state index contributed by atoms with van der Waals surface area (Å²) in [6, 6.07) is 0.976. The summed E-state index contributed by atoms with van der Waals surface area (Å²) in [7, 11) is 0. The van der Waals surface area contributed by atoms with Crippen molar-refractivity contribution in [2.24, 2.45) is 5.92 Å². The second-order valence-corrected chi connectivity index (χ2v) is 6.12. The van der Waals surface area contributed by atoms with E-state index in [0.717, 1.165) is 12.3 Å². The summed E-state index contributed by atoms with van der Waals surface area (Å²) in [6.45, 7) is 3.86. The third-order valence-corrected chi connectivity index (χ3v) is 3.86. The van der Waals surface area contributed by atoms with Gasteiger partial charge in [-0.15, -0.1) is 0 Å². The molecule has 27 heavy (non-hydrogen) atoms. The number of halogens is 3. The second-order valence-electron chi connectivity index (χ2n) is 6.12. The molecule has 9 nitrogen and oxygen atoms in total. The van der Waals surface area contributed by atoms with Crippen LogP contribution in [0.25, 0.3) is 0 Å². The molecular formula is C15H19F3N6O3. The Hall–Kier alpha value is -2.92. The van der Waals surface area contributed by atoms with Crippen LogP contribution < -0.4 is 5.32 Å². The molecule has 12 heteroatoms. The van der Waals surface area contributed by atoms with Crippen LogP contribution in [0, 0.1) is 23.0 Å². The summed E-state index contributed by atoms with van der Waals surface area (Å²) in [5.41, 5.74) is -0.705. The molecule has 0 aliphatic carbocycles. The van der Waals surface area contributed by atoms with Gasteiger partial charge in [-0.05, 0) is 19.4 Å². The van der Waals surface area contributed by atoms with Crippen molar-refractivity contribution in [2.45, 2.75) is 39.5 Å². The summed E-state index contributed by atoms with van der Waals surface area (Å²) < 4.78 is 40.4. The Bertz CT molecular complexity index is 814. The zero-order valence-electron chi connectivity index (χ0n) is 14.7. The molecule has 1 amide bonds. The molecule has 2 heterocycles. The summed E-state index contributed by atoms with van der Waals surface area (Å²) >= 11 is 0. The third-order valence-electron chi connectivity index (χ3n) is 3.86. The van der Waals surface area contributed by atoms with Gasteiger partial charge in [0.05, 0.1) is 17.4 Å². The lowest BCUT2D eigenvalue weighted by atomic mass is 10.1. The fraction of sp³-hybridized carbons (Fsp3) is 0.533. The molecule has 0 spiro atoms. The van der Waals surface area contributed by atoms with Gasteiger partial charge in [-0.3, -0.25) is 24.3 Å². The van der Waals surface area contributed by atoms with Crippen LogP contribution in [0.3, 0.4) is 0 Å². The molecule has 0 radical (unpaired) electrons. The van der Waals surface area contributed by atoms with Crippen LogP contribution in [-0.2, 0) is 24.1 Å². The van der Waals surface area contributed by atoms with E-state index in [1.54, 1.807) is 6.92 Å². The summed E-state index contributed by atoms with van der Waals surface area (Å²) in [4.78, 5) is 22.1. The van der Waals surface area contributed by atoms with Gasteiger partial charge in [0.2, 0.25) is 5.91 Å². The number of carbonyl (C=O) groups excluding carboxylic acids is 1. The number of alkyl halides is 3. The first kappa shape index (κ1) is 20.4. The maximum absolute atomic E-state index is 12.6. The highest BCUT2D eigenvalue weighted by Crippen LogP contribution is 2.28. The molecular weight excluding hydrogens is 369 g/mol. The van der Waals surface area contributed by atoms with Gasteiger partial charge in [-0.25, -0.2) is 0 Å². The van der Waals surface area contributed by atoms with E-state index in [4.69, 9.17) is 0 Å². The van der Waals surface area contributed by atoms with Crippen LogP contribution >= 0.6 is 0 Å². The van der Waals surface area contributed by atoms with Gasteiger partial charge in [0, 0.05) is 18.8 Å². The Morgan fingerprint density at radius 1 is 1.44 bits per heavy atom. The van der Waals surface area contributed by atoms with Crippen LogP contribution in [0.15, 0.2) is 18.5 Å². The number of nitrogens with one attached hydrogen (secondary N) is 1. The van der Waals surface area contributed by atoms with Crippen molar-refractivity contribution in [1.29, 1.82) is 0 Å². The highest BCUT2D eigenvalue weighted by atomic mass is 19.4. The van der Waals surface area contributed by atoms with Gasteiger partial charge in [0.25, 0.3) is 0 Å². The average molecular weight is 388 g/mol. The Morgan fingerprint density at radius 2 is 2.15 bits per heavy atom. The standard InChI is InChI=1S/C15H19F3N6O3/c1-10(8-22-9-12(7-20-22)24(26)27)14(25)19-4-3-5-23-11(2)6-13(21-23)15(16,17)18/h6-7,9-10H,3-5,8H2,1-2H3,(H,19,25). The first-order chi connectivity index (χ1) is 12.6. The number of carbonyl (C=O) groups is 1. The number of aryl methyl sites for hydroxylation is 2. The molecule has 2 aromatic rings. The molecule has 0 bridgehead atoms. The number of nitrogens with zero attached hydrogens (tertiary/aromatic N) is 5. The quantitative estimate of drug-likeness (QED) is 0.424. The van der Waals surface area contributed by atoms with Crippen molar-refractivity contribution in [3.05, 3.63) is 40.0 Å². The second kappa shape index (κ2) is 8.18. The van der Waals surface area contributed by atoms with E-state index in [9.17, 15) is 28.1 Å². The lowest BCUT2D eigenvalue weighted by molar-refractivity contribution is -0.385. The summed E-state index contributed by atoms with van der Waals surface area (Å²) in [6.07, 6.45) is -1.73. The van der Waals surface area contributed by atoms with E-state index in [0.29, 0.717) is 12.1 Å². The topological polar surface area (TPSA) is 108 Å². The largest absolute Gasteiger partial charge is 0.435 e. The lowest BCUT2D eigenvalue weighted by Crippen LogP contribution is -2.32. The first-order valence-electron chi connectivity index (χ1n) is 8.14. The summed E-state index contributed by atoms with van der Waals surface area (Å²) in [5.74, 6) is -0.755. The Morgan fingerprint density at radius 3 is 2.70 bits per heavy atom. The van der Waals surface area contributed by atoms with Crippen LogP contribution in [0.2, 0.25) is 0 Å². The lowest BCUT2D eigenvalue weighted by Gasteiger charge is -2.12. The van der Waals surface area contributed by atoms with E-state index < -0.39 is 22.7 Å².